The number of carbonyl (C=O) groups is 1. The molecule has 0 aliphatic carbocycles. The van der Waals surface area contributed by atoms with E-state index in [4.69, 9.17) is 0 Å². The van der Waals surface area contributed by atoms with Crippen molar-refractivity contribution in [1.82, 2.24) is 15.1 Å². The second-order valence-electron chi connectivity index (χ2n) is 4.71. The molecule has 108 valence electrons. The van der Waals surface area contributed by atoms with Crippen LogP contribution in [0.2, 0.25) is 0 Å². The first-order valence-electron chi connectivity index (χ1n) is 6.44. The van der Waals surface area contributed by atoms with Crippen molar-refractivity contribution in [2.75, 3.05) is 12.9 Å². The third-order valence-corrected chi connectivity index (χ3v) is 4.53. The largest absolute Gasteiger partial charge is 0.395 e. The zero-order chi connectivity index (χ0) is 14.7. The summed E-state index contributed by atoms with van der Waals surface area (Å²) in [5.74, 6) is -0.207. The minimum Gasteiger partial charge on any atom is -0.395 e. The Kier molecular flexibility index (Phi) is 4.67. The number of carbonyl (C=O) groups excluding carboxylic acids is 1. The molecule has 1 amide bonds. The average Bonchev–Trinajstić information content (AvgIpc) is 2.78. The third kappa shape index (κ3) is 2.81. The number of aromatic nitrogens is 2. The number of nitrogens with one attached hydrogen (secondary N) is 1. The van der Waals surface area contributed by atoms with Gasteiger partial charge in [-0.2, -0.15) is 16.9 Å². The predicted molar refractivity (Wildman–Crippen MR) is 82.0 cm³/mol. The first-order valence-corrected chi connectivity index (χ1v) is 7.73. The van der Waals surface area contributed by atoms with Crippen molar-refractivity contribution in [3.8, 4) is 0 Å². The Balaban J connectivity index is 2.24. The van der Waals surface area contributed by atoms with Crippen LogP contribution in [-0.4, -0.2) is 44.9 Å². The van der Waals surface area contributed by atoms with Gasteiger partial charge in [0, 0.05) is 23.7 Å². The SMILES string of the molecule is CSC(CO)C(C)NC(=O)c1nn(C)c2ccccc12. The van der Waals surface area contributed by atoms with Crippen LogP contribution < -0.4 is 5.32 Å². The molecule has 0 fully saturated rings. The van der Waals surface area contributed by atoms with E-state index in [9.17, 15) is 9.90 Å². The molecular weight excluding hydrogens is 274 g/mol. The molecular formula is C14H19N3O2S. The zero-order valence-corrected chi connectivity index (χ0v) is 12.6. The number of nitrogens with zero attached hydrogens (tertiary/aromatic N) is 2. The quantitative estimate of drug-likeness (QED) is 0.875. The highest BCUT2D eigenvalue weighted by Crippen LogP contribution is 2.18. The van der Waals surface area contributed by atoms with Crippen LogP contribution in [0.25, 0.3) is 10.9 Å². The summed E-state index contributed by atoms with van der Waals surface area (Å²) in [4.78, 5) is 12.3. The lowest BCUT2D eigenvalue weighted by Gasteiger charge is -2.20. The standard InChI is InChI=1S/C14H19N3O2S/c1-9(12(8-18)20-3)15-14(19)13-10-6-4-5-7-11(10)17(2)16-13/h4-7,9,12,18H,8H2,1-3H3,(H,15,19). The van der Waals surface area contributed by atoms with Crippen LogP contribution in [0.5, 0.6) is 0 Å². The molecule has 20 heavy (non-hydrogen) atoms. The van der Waals surface area contributed by atoms with Crippen LogP contribution in [0.4, 0.5) is 0 Å². The molecule has 0 aliphatic heterocycles. The number of rotatable bonds is 5. The summed E-state index contributed by atoms with van der Waals surface area (Å²) in [6.45, 7) is 1.92. The molecule has 0 bridgehead atoms. The maximum absolute atomic E-state index is 12.3. The van der Waals surface area contributed by atoms with Crippen LogP contribution in [0.1, 0.15) is 17.4 Å². The molecule has 0 spiro atoms. The van der Waals surface area contributed by atoms with Gasteiger partial charge in [0.1, 0.15) is 0 Å². The van der Waals surface area contributed by atoms with Crippen LogP contribution in [0.15, 0.2) is 24.3 Å². The Morgan fingerprint density at radius 2 is 2.20 bits per heavy atom. The number of para-hydroxylation sites is 1. The molecule has 2 rings (SSSR count). The number of benzene rings is 1. The highest BCUT2D eigenvalue weighted by atomic mass is 32.2. The van der Waals surface area contributed by atoms with Crippen molar-refractivity contribution in [2.24, 2.45) is 7.05 Å². The number of thioether (sulfide) groups is 1. The number of aliphatic hydroxyl groups excluding tert-OH is 1. The van der Waals surface area contributed by atoms with Gasteiger partial charge in [0.25, 0.3) is 5.91 Å². The van der Waals surface area contributed by atoms with Crippen LogP contribution in [0, 0.1) is 0 Å². The molecule has 5 nitrogen and oxygen atoms in total. The smallest absolute Gasteiger partial charge is 0.272 e. The molecule has 2 unspecified atom stereocenters. The number of hydrogen-bond acceptors (Lipinski definition) is 4. The van der Waals surface area contributed by atoms with Gasteiger partial charge in [-0.05, 0) is 19.2 Å². The Hall–Kier alpha value is -1.53. The molecule has 6 heteroatoms. The van der Waals surface area contributed by atoms with E-state index in [2.05, 4.69) is 10.4 Å². The second kappa shape index (κ2) is 6.28. The van der Waals surface area contributed by atoms with Gasteiger partial charge < -0.3 is 10.4 Å². The number of aryl methyl sites for hydroxylation is 1. The summed E-state index contributed by atoms with van der Waals surface area (Å²) in [5.41, 5.74) is 1.35. The summed E-state index contributed by atoms with van der Waals surface area (Å²) >= 11 is 1.53. The molecule has 0 radical (unpaired) electrons. The van der Waals surface area contributed by atoms with Gasteiger partial charge >= 0.3 is 0 Å². The maximum atomic E-state index is 12.3. The van der Waals surface area contributed by atoms with Gasteiger partial charge in [-0.3, -0.25) is 9.48 Å². The first-order chi connectivity index (χ1) is 9.58. The number of aliphatic hydroxyl groups is 1. The summed E-state index contributed by atoms with van der Waals surface area (Å²) in [7, 11) is 1.82. The van der Waals surface area contributed by atoms with Crippen molar-refractivity contribution < 1.29 is 9.90 Å². The lowest BCUT2D eigenvalue weighted by atomic mass is 10.2. The van der Waals surface area contributed by atoms with E-state index in [1.807, 2.05) is 44.5 Å². The maximum Gasteiger partial charge on any atom is 0.272 e. The molecule has 1 aromatic heterocycles. The van der Waals surface area contributed by atoms with Gasteiger partial charge in [-0.1, -0.05) is 18.2 Å². The topological polar surface area (TPSA) is 67.2 Å². The van der Waals surface area contributed by atoms with E-state index in [1.54, 1.807) is 4.68 Å². The lowest BCUT2D eigenvalue weighted by molar-refractivity contribution is 0.0931. The van der Waals surface area contributed by atoms with Crippen LogP contribution in [-0.2, 0) is 7.05 Å². The summed E-state index contributed by atoms with van der Waals surface area (Å²) < 4.78 is 1.70. The minimum atomic E-state index is -0.207. The van der Waals surface area contributed by atoms with E-state index in [0.717, 1.165) is 10.9 Å². The highest BCUT2D eigenvalue weighted by Gasteiger charge is 2.21. The highest BCUT2D eigenvalue weighted by molar-refractivity contribution is 7.99. The molecule has 2 aromatic rings. The molecule has 1 heterocycles. The summed E-state index contributed by atoms with van der Waals surface area (Å²) in [6.07, 6.45) is 1.92. The Labute approximate surface area is 122 Å². The molecule has 0 aliphatic rings. The summed E-state index contributed by atoms with van der Waals surface area (Å²) in [6, 6.07) is 7.51. The van der Waals surface area contributed by atoms with Crippen molar-refractivity contribution in [2.45, 2.75) is 18.2 Å². The van der Waals surface area contributed by atoms with E-state index in [-0.39, 0.29) is 23.8 Å². The van der Waals surface area contributed by atoms with Gasteiger partial charge in [0.2, 0.25) is 0 Å². The zero-order valence-electron chi connectivity index (χ0n) is 11.8. The lowest BCUT2D eigenvalue weighted by Crippen LogP contribution is -2.41. The van der Waals surface area contributed by atoms with Crippen LogP contribution in [0.3, 0.4) is 0 Å². The van der Waals surface area contributed by atoms with Crippen molar-refractivity contribution in [3.63, 3.8) is 0 Å². The normalized spacial score (nSPS) is 14.2. The molecule has 0 saturated heterocycles. The number of hydrogen-bond donors (Lipinski definition) is 2. The van der Waals surface area contributed by atoms with E-state index in [1.165, 1.54) is 11.8 Å². The Bertz CT molecular complexity index is 607. The fourth-order valence-electron chi connectivity index (χ4n) is 2.19. The molecule has 0 saturated carbocycles. The average molecular weight is 293 g/mol. The minimum absolute atomic E-state index is 0.0195. The van der Waals surface area contributed by atoms with Crippen LogP contribution >= 0.6 is 11.8 Å². The number of amides is 1. The van der Waals surface area contributed by atoms with E-state index < -0.39 is 0 Å². The Morgan fingerprint density at radius 3 is 2.85 bits per heavy atom. The summed E-state index contributed by atoms with van der Waals surface area (Å²) in [5, 5.41) is 17.3. The predicted octanol–water partition coefficient (Wildman–Crippen LogP) is 1.42. The Morgan fingerprint density at radius 1 is 1.50 bits per heavy atom. The van der Waals surface area contributed by atoms with Crippen molar-refractivity contribution in [1.29, 1.82) is 0 Å². The van der Waals surface area contributed by atoms with Gasteiger partial charge in [-0.25, -0.2) is 0 Å². The van der Waals surface area contributed by atoms with Gasteiger partial charge in [0.05, 0.1) is 12.1 Å². The monoisotopic (exact) mass is 293 g/mol. The molecule has 2 N–H and O–H groups in total. The first kappa shape index (κ1) is 14.9. The van der Waals surface area contributed by atoms with E-state index in [0.29, 0.717) is 5.69 Å². The fraction of sp³-hybridized carbons (Fsp3) is 0.429. The molecule has 2 atom stereocenters. The van der Waals surface area contributed by atoms with Crippen molar-refractivity contribution >= 4 is 28.6 Å². The third-order valence-electron chi connectivity index (χ3n) is 3.37. The second-order valence-corrected chi connectivity index (χ2v) is 5.79. The fourth-order valence-corrected chi connectivity index (χ4v) is 2.81. The van der Waals surface area contributed by atoms with E-state index >= 15 is 0 Å². The number of fused-ring (bicyclic) bond motifs is 1. The molecule has 1 aromatic carbocycles. The van der Waals surface area contributed by atoms with Crippen molar-refractivity contribution in [3.05, 3.63) is 30.0 Å². The van der Waals surface area contributed by atoms with Gasteiger partial charge in [-0.15, -0.1) is 0 Å². The van der Waals surface area contributed by atoms with Gasteiger partial charge in [0.15, 0.2) is 5.69 Å².